The van der Waals surface area contributed by atoms with Crippen molar-refractivity contribution >= 4 is 0 Å². The Labute approximate surface area is 102 Å². The van der Waals surface area contributed by atoms with E-state index in [-0.39, 0.29) is 11.6 Å². The Balaban J connectivity index is 1.90. The molecule has 1 aliphatic heterocycles. The van der Waals surface area contributed by atoms with Crippen molar-refractivity contribution in [3.63, 3.8) is 0 Å². The van der Waals surface area contributed by atoms with Crippen molar-refractivity contribution < 1.29 is 4.74 Å². The van der Waals surface area contributed by atoms with Gasteiger partial charge in [0.05, 0.1) is 11.6 Å². The predicted octanol–water partition coefficient (Wildman–Crippen LogP) is 1.81. The number of likely N-dealkylation sites (tertiary alicyclic amines) is 1. The third kappa shape index (κ3) is 2.75. The van der Waals surface area contributed by atoms with Crippen molar-refractivity contribution in [1.82, 2.24) is 9.88 Å². The van der Waals surface area contributed by atoms with Gasteiger partial charge in [-0.1, -0.05) is 0 Å². The summed E-state index contributed by atoms with van der Waals surface area (Å²) in [4.78, 5) is 6.46. The first-order chi connectivity index (χ1) is 7.99. The summed E-state index contributed by atoms with van der Waals surface area (Å²) in [7, 11) is 0. The average molecular weight is 231 g/mol. The molecule has 90 valence electrons. The monoisotopic (exact) mass is 231 g/mol. The maximum atomic E-state index is 8.77. The van der Waals surface area contributed by atoms with Gasteiger partial charge in [0.2, 0.25) is 5.88 Å². The van der Waals surface area contributed by atoms with E-state index in [1.54, 1.807) is 18.3 Å². The van der Waals surface area contributed by atoms with Gasteiger partial charge in [-0.15, -0.1) is 0 Å². The smallest absolute Gasteiger partial charge is 0.214 e. The number of ether oxygens (including phenoxy) is 1. The normalized spacial score (nSPS) is 17.3. The summed E-state index contributed by atoms with van der Waals surface area (Å²) >= 11 is 0. The molecule has 0 unspecified atom stereocenters. The fourth-order valence-corrected chi connectivity index (χ4v) is 1.77. The first kappa shape index (κ1) is 11.9. The van der Waals surface area contributed by atoms with Crippen LogP contribution >= 0.6 is 0 Å². The molecule has 1 saturated heterocycles. The maximum absolute atomic E-state index is 8.77. The lowest BCUT2D eigenvalue weighted by Gasteiger charge is -2.46. The lowest BCUT2D eigenvalue weighted by Crippen LogP contribution is -2.60. The van der Waals surface area contributed by atoms with Gasteiger partial charge in [0.15, 0.2) is 0 Å². The number of pyridine rings is 1. The molecule has 0 saturated carbocycles. The standard InChI is InChI=1S/C13H17N3O/c1-13(2,3)16-8-11(9-16)17-12-6-10(7-14)4-5-15-12/h4-6,11H,8-9H2,1-3H3. The Morgan fingerprint density at radius 2 is 2.18 bits per heavy atom. The highest BCUT2D eigenvalue weighted by atomic mass is 16.5. The second-order valence-corrected chi connectivity index (χ2v) is 5.31. The van der Waals surface area contributed by atoms with Gasteiger partial charge in [0, 0.05) is 30.9 Å². The second-order valence-electron chi connectivity index (χ2n) is 5.31. The molecule has 0 amide bonds. The summed E-state index contributed by atoms with van der Waals surface area (Å²) in [5.41, 5.74) is 0.781. The molecule has 0 aromatic carbocycles. The molecule has 0 bridgehead atoms. The van der Waals surface area contributed by atoms with Crippen LogP contribution in [0.1, 0.15) is 26.3 Å². The Kier molecular flexibility index (Phi) is 3.03. The van der Waals surface area contributed by atoms with Crippen molar-refractivity contribution in [2.24, 2.45) is 0 Å². The molecule has 0 aliphatic carbocycles. The lowest BCUT2D eigenvalue weighted by molar-refractivity contribution is -0.0368. The highest BCUT2D eigenvalue weighted by molar-refractivity contribution is 5.31. The molecular weight excluding hydrogens is 214 g/mol. The molecule has 2 heterocycles. The number of hydrogen-bond acceptors (Lipinski definition) is 4. The SMILES string of the molecule is CC(C)(C)N1CC(Oc2cc(C#N)ccn2)C1. The van der Waals surface area contributed by atoms with E-state index in [9.17, 15) is 0 Å². The van der Waals surface area contributed by atoms with Crippen LogP contribution in [0.4, 0.5) is 0 Å². The number of hydrogen-bond donors (Lipinski definition) is 0. The van der Waals surface area contributed by atoms with Crippen LogP contribution in [-0.2, 0) is 0 Å². The molecule has 0 radical (unpaired) electrons. The summed E-state index contributed by atoms with van der Waals surface area (Å²) in [5.74, 6) is 0.544. The van der Waals surface area contributed by atoms with Crippen LogP contribution < -0.4 is 4.74 Å². The van der Waals surface area contributed by atoms with E-state index in [4.69, 9.17) is 10.00 Å². The number of nitrogens with zero attached hydrogens (tertiary/aromatic N) is 3. The van der Waals surface area contributed by atoms with Crippen LogP contribution in [-0.4, -0.2) is 34.6 Å². The van der Waals surface area contributed by atoms with Crippen molar-refractivity contribution in [3.05, 3.63) is 23.9 Å². The van der Waals surface area contributed by atoms with Gasteiger partial charge in [-0.25, -0.2) is 4.98 Å². The zero-order valence-electron chi connectivity index (χ0n) is 10.5. The molecule has 1 aromatic heterocycles. The average Bonchev–Trinajstić information content (AvgIpc) is 2.21. The van der Waals surface area contributed by atoms with Gasteiger partial charge < -0.3 is 4.74 Å². The molecule has 0 atom stereocenters. The van der Waals surface area contributed by atoms with Crippen molar-refractivity contribution in [2.75, 3.05) is 13.1 Å². The van der Waals surface area contributed by atoms with E-state index < -0.39 is 0 Å². The van der Waals surface area contributed by atoms with E-state index in [1.165, 1.54) is 0 Å². The van der Waals surface area contributed by atoms with Crippen LogP contribution in [0, 0.1) is 11.3 Å². The molecule has 0 spiro atoms. The van der Waals surface area contributed by atoms with Crippen molar-refractivity contribution in [3.8, 4) is 11.9 Å². The zero-order valence-corrected chi connectivity index (χ0v) is 10.5. The number of aromatic nitrogens is 1. The number of nitriles is 1. The van der Waals surface area contributed by atoms with Gasteiger partial charge >= 0.3 is 0 Å². The van der Waals surface area contributed by atoms with E-state index in [2.05, 4.69) is 36.7 Å². The minimum absolute atomic E-state index is 0.190. The highest BCUT2D eigenvalue weighted by Gasteiger charge is 2.35. The fraction of sp³-hybridized carbons (Fsp3) is 0.538. The molecule has 2 rings (SSSR count). The fourth-order valence-electron chi connectivity index (χ4n) is 1.77. The zero-order chi connectivity index (χ0) is 12.5. The lowest BCUT2D eigenvalue weighted by atomic mass is 9.99. The van der Waals surface area contributed by atoms with Gasteiger partial charge in [0.25, 0.3) is 0 Å². The maximum Gasteiger partial charge on any atom is 0.214 e. The molecule has 1 aromatic rings. The molecule has 4 heteroatoms. The Bertz CT molecular complexity index is 439. The third-order valence-corrected chi connectivity index (χ3v) is 2.95. The van der Waals surface area contributed by atoms with Gasteiger partial charge in [-0.2, -0.15) is 5.26 Å². The molecule has 4 nitrogen and oxygen atoms in total. The van der Waals surface area contributed by atoms with Crippen LogP contribution in [0.2, 0.25) is 0 Å². The first-order valence-electron chi connectivity index (χ1n) is 5.77. The van der Waals surface area contributed by atoms with Crippen LogP contribution in [0.3, 0.4) is 0 Å². The summed E-state index contributed by atoms with van der Waals surface area (Å²) in [5, 5.41) is 8.77. The Hall–Kier alpha value is -1.60. The van der Waals surface area contributed by atoms with Crippen LogP contribution in [0.15, 0.2) is 18.3 Å². The molecule has 17 heavy (non-hydrogen) atoms. The second kappa shape index (κ2) is 4.34. The van der Waals surface area contributed by atoms with Crippen molar-refractivity contribution in [2.45, 2.75) is 32.4 Å². The summed E-state index contributed by atoms with van der Waals surface area (Å²) < 4.78 is 5.71. The molecular formula is C13H17N3O. The first-order valence-corrected chi connectivity index (χ1v) is 5.77. The van der Waals surface area contributed by atoms with Crippen LogP contribution in [0.5, 0.6) is 5.88 Å². The minimum atomic E-state index is 0.190. The third-order valence-electron chi connectivity index (χ3n) is 2.95. The van der Waals surface area contributed by atoms with E-state index in [0.717, 1.165) is 13.1 Å². The van der Waals surface area contributed by atoms with E-state index >= 15 is 0 Å². The quantitative estimate of drug-likeness (QED) is 0.779. The summed E-state index contributed by atoms with van der Waals surface area (Å²) in [6.07, 6.45) is 1.80. The minimum Gasteiger partial charge on any atom is -0.472 e. The summed E-state index contributed by atoms with van der Waals surface area (Å²) in [6.45, 7) is 8.41. The predicted molar refractivity (Wildman–Crippen MR) is 64.7 cm³/mol. The summed E-state index contributed by atoms with van der Waals surface area (Å²) in [6, 6.07) is 5.44. The topological polar surface area (TPSA) is 49.1 Å². The van der Waals surface area contributed by atoms with Crippen LogP contribution in [0.25, 0.3) is 0 Å². The van der Waals surface area contributed by atoms with Gasteiger partial charge in [0.1, 0.15) is 6.10 Å². The Morgan fingerprint density at radius 1 is 1.47 bits per heavy atom. The highest BCUT2D eigenvalue weighted by Crippen LogP contribution is 2.24. The van der Waals surface area contributed by atoms with E-state index in [1.807, 2.05) is 0 Å². The van der Waals surface area contributed by atoms with E-state index in [0.29, 0.717) is 11.4 Å². The van der Waals surface area contributed by atoms with Gasteiger partial charge in [-0.05, 0) is 26.8 Å². The Morgan fingerprint density at radius 3 is 2.76 bits per heavy atom. The van der Waals surface area contributed by atoms with Crippen molar-refractivity contribution in [1.29, 1.82) is 5.26 Å². The molecule has 0 N–H and O–H groups in total. The number of rotatable bonds is 2. The van der Waals surface area contributed by atoms with Gasteiger partial charge in [-0.3, -0.25) is 4.90 Å². The molecule has 1 aliphatic rings. The molecule has 1 fully saturated rings. The largest absolute Gasteiger partial charge is 0.472 e.